The molecule has 2 aliphatic rings. The van der Waals surface area contributed by atoms with Gasteiger partial charge in [-0.3, -0.25) is 14.4 Å². The number of imide groups is 1. The number of benzene rings is 2. The fourth-order valence-electron chi connectivity index (χ4n) is 5.10. The number of esters is 1. The van der Waals surface area contributed by atoms with Crippen LogP contribution < -0.4 is 10.6 Å². The zero-order valence-corrected chi connectivity index (χ0v) is 22.2. The topological polar surface area (TPSA) is 137 Å². The maximum Gasteiger partial charge on any atom is 0.332 e. The fourth-order valence-corrected chi connectivity index (χ4v) is 5.62. The van der Waals surface area contributed by atoms with Crippen LogP contribution in [0.5, 0.6) is 0 Å². The van der Waals surface area contributed by atoms with Crippen LogP contribution >= 0.6 is 23.2 Å². The molecule has 0 aliphatic carbocycles. The Balaban J connectivity index is 0.00000420. The van der Waals surface area contributed by atoms with Gasteiger partial charge in [-0.15, -0.1) is 0 Å². The van der Waals surface area contributed by atoms with Gasteiger partial charge in [0.25, 0.3) is 5.91 Å². The molecule has 2 aliphatic heterocycles. The van der Waals surface area contributed by atoms with Crippen molar-refractivity contribution in [3.05, 3.63) is 63.6 Å². The summed E-state index contributed by atoms with van der Waals surface area (Å²) in [4.78, 5) is 56.4. The van der Waals surface area contributed by atoms with E-state index in [1.165, 1.54) is 42.2 Å². The lowest BCUT2D eigenvalue weighted by Crippen LogP contribution is -2.54. The molecule has 4 rings (SSSR count). The third-order valence-electron chi connectivity index (χ3n) is 7.14. The average Bonchev–Trinajstić information content (AvgIpc) is 3.39. The first kappa shape index (κ1) is 29.9. The van der Waals surface area contributed by atoms with Gasteiger partial charge in [0.2, 0.25) is 5.91 Å². The monoisotopic (exact) mass is 573 g/mol. The molecule has 3 atom stereocenters. The van der Waals surface area contributed by atoms with Crippen LogP contribution in [0.15, 0.2) is 42.5 Å². The smallest absolute Gasteiger partial charge is 0.332 e. The highest BCUT2D eigenvalue weighted by molar-refractivity contribution is 6.35. The van der Waals surface area contributed by atoms with Crippen molar-refractivity contribution in [2.24, 2.45) is 5.73 Å². The summed E-state index contributed by atoms with van der Waals surface area (Å²) in [6.45, 7) is 0.0571. The van der Waals surface area contributed by atoms with E-state index in [9.17, 15) is 24.4 Å². The first-order valence-corrected chi connectivity index (χ1v) is 12.5. The molecule has 0 radical (unpaired) electrons. The summed E-state index contributed by atoms with van der Waals surface area (Å²) in [6.07, 6.45) is 0.0122. The molecular weight excluding hydrogens is 545 g/mol. The van der Waals surface area contributed by atoms with Crippen LogP contribution in [0.3, 0.4) is 0 Å². The summed E-state index contributed by atoms with van der Waals surface area (Å²) in [5.41, 5.74) is 5.70. The number of nitriles is 1. The molecule has 0 bridgehead atoms. The number of urea groups is 1. The van der Waals surface area contributed by atoms with Gasteiger partial charge in [0.15, 0.2) is 0 Å². The Morgan fingerprint density at radius 1 is 1.18 bits per heavy atom. The molecular formula is C27H29Cl2N5O5. The van der Waals surface area contributed by atoms with Gasteiger partial charge in [-0.2, -0.15) is 5.26 Å². The second-order valence-corrected chi connectivity index (χ2v) is 10.1. The van der Waals surface area contributed by atoms with Crippen LogP contribution in [0.1, 0.15) is 37.3 Å². The highest BCUT2D eigenvalue weighted by Gasteiger charge is 2.64. The Labute approximate surface area is 236 Å². The largest absolute Gasteiger partial charge is 0.468 e. The van der Waals surface area contributed by atoms with Gasteiger partial charge >= 0.3 is 12.0 Å². The molecule has 2 N–H and O–H groups in total. The molecule has 4 amide bonds. The summed E-state index contributed by atoms with van der Waals surface area (Å²) in [5, 5.41) is 9.73. The van der Waals surface area contributed by atoms with Crippen LogP contribution in [-0.2, 0) is 19.1 Å². The molecule has 2 heterocycles. The van der Waals surface area contributed by atoms with E-state index < -0.39 is 35.4 Å². The van der Waals surface area contributed by atoms with Gasteiger partial charge in [0, 0.05) is 36.0 Å². The predicted molar refractivity (Wildman–Crippen MR) is 146 cm³/mol. The summed E-state index contributed by atoms with van der Waals surface area (Å²) in [5.74, 6) is -2.08. The van der Waals surface area contributed by atoms with Crippen molar-refractivity contribution in [3.8, 4) is 6.07 Å². The van der Waals surface area contributed by atoms with Gasteiger partial charge in [-0.25, -0.2) is 9.69 Å². The minimum Gasteiger partial charge on any atom is -0.468 e. The number of carbonyl (C=O) groups excluding carboxylic acids is 4. The first-order chi connectivity index (χ1) is 18.0. The Hall–Kier alpha value is -3.65. The zero-order valence-electron chi connectivity index (χ0n) is 20.7. The molecule has 206 valence electrons. The predicted octanol–water partition coefficient (Wildman–Crippen LogP) is 3.54. The third kappa shape index (κ3) is 5.30. The van der Waals surface area contributed by atoms with E-state index in [0.29, 0.717) is 11.1 Å². The summed E-state index contributed by atoms with van der Waals surface area (Å²) < 4.78 is 4.63. The SMILES string of the molecule is C.COC(=O)[C@H](N)CCC(=O)N1C[C@@H](c2ccc(C#N)cc2)C2(C1)C(=O)N(c1cc(Cl)cc(Cl)c1)C(=O)N2C. The van der Waals surface area contributed by atoms with Crippen LogP contribution in [0, 0.1) is 11.3 Å². The third-order valence-corrected chi connectivity index (χ3v) is 7.57. The first-order valence-electron chi connectivity index (χ1n) is 11.7. The number of hydrogen-bond acceptors (Lipinski definition) is 7. The summed E-state index contributed by atoms with van der Waals surface area (Å²) in [6, 6.07) is 11.6. The molecule has 12 heteroatoms. The number of halogens is 2. The highest BCUT2D eigenvalue weighted by Crippen LogP contribution is 2.46. The molecule has 1 unspecified atom stereocenters. The van der Waals surface area contributed by atoms with E-state index in [0.717, 1.165) is 4.90 Å². The second-order valence-electron chi connectivity index (χ2n) is 9.26. The van der Waals surface area contributed by atoms with Crippen molar-refractivity contribution >= 4 is 52.7 Å². The molecule has 2 fully saturated rings. The van der Waals surface area contributed by atoms with E-state index in [-0.39, 0.29) is 55.0 Å². The standard InChI is InChI=1S/C26H25Cl2N5O5.CH4/c1-31-25(37)33(19-10-17(27)9-18(28)11-19)24(36)26(31)14-32(22(34)8-7-21(30)23(35)38-2)13-20(26)16-5-3-15(12-29)4-6-16;/h3-6,9-11,20-21H,7-8,13-14,30H2,1-2H3;1H4/t20-,21+,26?;/m0./s1. The van der Waals surface area contributed by atoms with Crippen LogP contribution in [0.2, 0.25) is 10.0 Å². The van der Waals surface area contributed by atoms with Crippen LogP contribution in [-0.4, -0.2) is 72.4 Å². The maximum absolute atomic E-state index is 14.1. The van der Waals surface area contributed by atoms with Gasteiger partial charge in [0.05, 0.1) is 31.0 Å². The van der Waals surface area contributed by atoms with Crippen LogP contribution in [0.4, 0.5) is 10.5 Å². The summed E-state index contributed by atoms with van der Waals surface area (Å²) >= 11 is 12.3. The molecule has 2 saturated heterocycles. The Morgan fingerprint density at radius 3 is 2.36 bits per heavy atom. The molecule has 0 saturated carbocycles. The number of rotatable bonds is 6. The number of anilines is 1. The van der Waals surface area contributed by atoms with Crippen molar-refractivity contribution < 1.29 is 23.9 Å². The zero-order chi connectivity index (χ0) is 27.8. The van der Waals surface area contributed by atoms with E-state index in [2.05, 4.69) is 10.8 Å². The van der Waals surface area contributed by atoms with E-state index in [4.69, 9.17) is 28.9 Å². The van der Waals surface area contributed by atoms with Gasteiger partial charge in [-0.1, -0.05) is 42.8 Å². The quantitative estimate of drug-likeness (QED) is 0.412. The van der Waals surface area contributed by atoms with Gasteiger partial charge in [0.1, 0.15) is 11.6 Å². The lowest BCUT2D eigenvalue weighted by molar-refractivity contribution is -0.142. The Bertz CT molecular complexity index is 1320. The van der Waals surface area contributed by atoms with Crippen molar-refractivity contribution in [2.75, 3.05) is 32.1 Å². The van der Waals surface area contributed by atoms with Crippen molar-refractivity contribution in [3.63, 3.8) is 0 Å². The van der Waals surface area contributed by atoms with Gasteiger partial charge in [-0.05, 0) is 42.3 Å². The molecule has 0 aromatic heterocycles. The number of methoxy groups -OCH3 is 1. The molecule has 1 spiro atoms. The normalized spacial score (nSPS) is 21.1. The fraction of sp³-hybridized carbons (Fsp3) is 0.370. The van der Waals surface area contributed by atoms with E-state index in [1.54, 1.807) is 24.3 Å². The molecule has 39 heavy (non-hydrogen) atoms. The number of amides is 4. The second kappa shape index (κ2) is 11.6. The number of carbonyl (C=O) groups is 4. The van der Waals surface area contributed by atoms with Gasteiger partial charge < -0.3 is 20.3 Å². The van der Waals surface area contributed by atoms with E-state index in [1.807, 2.05) is 0 Å². The maximum atomic E-state index is 14.1. The van der Waals surface area contributed by atoms with E-state index >= 15 is 0 Å². The lowest BCUT2D eigenvalue weighted by Gasteiger charge is -2.33. The Kier molecular flexibility index (Phi) is 8.91. The minimum absolute atomic E-state index is 0. The number of nitrogens with zero attached hydrogens (tertiary/aromatic N) is 4. The minimum atomic E-state index is -1.43. The van der Waals surface area contributed by atoms with Crippen LogP contribution in [0.25, 0.3) is 0 Å². The number of likely N-dealkylation sites (tertiary alicyclic amines) is 1. The summed E-state index contributed by atoms with van der Waals surface area (Å²) in [7, 11) is 2.73. The molecule has 2 aromatic rings. The number of nitrogens with two attached hydrogens (primary N) is 1. The molecule has 2 aromatic carbocycles. The number of likely N-dealkylation sites (N-methyl/N-ethyl adjacent to an activating group) is 1. The lowest BCUT2D eigenvalue weighted by atomic mass is 9.80. The van der Waals surface area contributed by atoms with Crippen molar-refractivity contribution in [2.45, 2.75) is 37.8 Å². The van der Waals surface area contributed by atoms with Crippen molar-refractivity contribution in [1.82, 2.24) is 9.80 Å². The number of ether oxygens (including phenoxy) is 1. The average molecular weight is 574 g/mol. The van der Waals surface area contributed by atoms with Crippen molar-refractivity contribution in [1.29, 1.82) is 5.26 Å². The number of hydrogen-bond donors (Lipinski definition) is 1. The molecule has 10 nitrogen and oxygen atoms in total. The highest BCUT2D eigenvalue weighted by atomic mass is 35.5. The Morgan fingerprint density at radius 2 is 1.79 bits per heavy atom.